The van der Waals surface area contributed by atoms with Crippen LogP contribution in [0.5, 0.6) is 11.5 Å². The second kappa shape index (κ2) is 7.79. The summed E-state index contributed by atoms with van der Waals surface area (Å²) >= 11 is 0. The number of amides is 1. The number of hydrogen-bond acceptors (Lipinski definition) is 4. The Morgan fingerprint density at radius 3 is 2.46 bits per heavy atom. The molecule has 2 atom stereocenters. The van der Waals surface area contributed by atoms with Crippen LogP contribution in [0.2, 0.25) is 0 Å². The summed E-state index contributed by atoms with van der Waals surface area (Å²) in [7, 11) is 3.27. The third-order valence-corrected chi connectivity index (χ3v) is 5.05. The molecule has 1 aliphatic rings. The molecule has 5 nitrogen and oxygen atoms in total. The molecular formula is C21H26N2O3. The number of benzene rings is 2. The first-order chi connectivity index (χ1) is 12.6. The average Bonchev–Trinajstić information content (AvgIpc) is 2.71. The molecule has 0 spiro atoms. The first-order valence-electron chi connectivity index (χ1n) is 8.91. The van der Waals surface area contributed by atoms with Gasteiger partial charge in [-0.2, -0.15) is 0 Å². The summed E-state index contributed by atoms with van der Waals surface area (Å²) in [5.41, 5.74) is 9.10. The van der Waals surface area contributed by atoms with Gasteiger partial charge in [0.1, 0.15) is 0 Å². The van der Waals surface area contributed by atoms with E-state index in [1.165, 1.54) is 5.56 Å². The number of nitrogens with zero attached hydrogens (tertiary/aromatic N) is 1. The number of nitrogens with two attached hydrogens (primary N) is 1. The molecule has 26 heavy (non-hydrogen) atoms. The van der Waals surface area contributed by atoms with Crippen LogP contribution in [0.25, 0.3) is 0 Å². The average molecular weight is 354 g/mol. The second-order valence-corrected chi connectivity index (χ2v) is 6.64. The van der Waals surface area contributed by atoms with Crippen molar-refractivity contribution >= 4 is 5.91 Å². The normalized spacial score (nSPS) is 17.4. The highest BCUT2D eigenvalue weighted by Crippen LogP contribution is 2.41. The molecule has 0 saturated heterocycles. The SMILES string of the molecule is COc1cc2c(cc1OC)C(c1ccccc1)N(C(=O)C(C)CN)CC2. The predicted octanol–water partition coefficient (Wildman–Crippen LogP) is 2.77. The zero-order valence-electron chi connectivity index (χ0n) is 15.6. The molecule has 2 unspecified atom stereocenters. The van der Waals surface area contributed by atoms with E-state index in [-0.39, 0.29) is 17.9 Å². The van der Waals surface area contributed by atoms with Crippen molar-refractivity contribution in [3.05, 3.63) is 59.2 Å². The van der Waals surface area contributed by atoms with E-state index in [0.29, 0.717) is 24.6 Å². The van der Waals surface area contributed by atoms with Gasteiger partial charge >= 0.3 is 0 Å². The number of methoxy groups -OCH3 is 2. The molecule has 2 aromatic carbocycles. The maximum Gasteiger partial charge on any atom is 0.227 e. The molecule has 0 fully saturated rings. The highest BCUT2D eigenvalue weighted by molar-refractivity contribution is 5.80. The smallest absolute Gasteiger partial charge is 0.227 e. The first-order valence-corrected chi connectivity index (χ1v) is 8.91. The molecule has 1 heterocycles. The van der Waals surface area contributed by atoms with E-state index >= 15 is 0 Å². The van der Waals surface area contributed by atoms with E-state index in [4.69, 9.17) is 15.2 Å². The lowest BCUT2D eigenvalue weighted by atomic mass is 9.87. The van der Waals surface area contributed by atoms with Crippen LogP contribution in [0.4, 0.5) is 0 Å². The topological polar surface area (TPSA) is 64.8 Å². The number of ether oxygens (including phenoxy) is 2. The van der Waals surface area contributed by atoms with Gasteiger partial charge in [0, 0.05) is 19.0 Å². The molecule has 2 aromatic rings. The second-order valence-electron chi connectivity index (χ2n) is 6.64. The zero-order chi connectivity index (χ0) is 18.7. The van der Waals surface area contributed by atoms with Gasteiger partial charge in [-0.1, -0.05) is 37.3 Å². The minimum atomic E-state index is -0.206. The van der Waals surface area contributed by atoms with E-state index in [2.05, 4.69) is 12.1 Å². The fourth-order valence-corrected chi connectivity index (χ4v) is 3.56. The van der Waals surface area contributed by atoms with E-state index in [0.717, 1.165) is 17.5 Å². The molecule has 5 heteroatoms. The van der Waals surface area contributed by atoms with E-state index < -0.39 is 0 Å². The fraction of sp³-hybridized carbons (Fsp3) is 0.381. The van der Waals surface area contributed by atoms with Crippen LogP contribution in [0, 0.1) is 5.92 Å². The van der Waals surface area contributed by atoms with E-state index in [1.807, 2.05) is 42.2 Å². The Kier molecular flexibility index (Phi) is 5.47. The maximum atomic E-state index is 13.0. The van der Waals surface area contributed by atoms with Gasteiger partial charge in [-0.15, -0.1) is 0 Å². The van der Waals surface area contributed by atoms with Crippen molar-refractivity contribution in [2.75, 3.05) is 27.3 Å². The lowest BCUT2D eigenvalue weighted by Crippen LogP contribution is -2.44. The summed E-state index contributed by atoms with van der Waals surface area (Å²) in [5.74, 6) is 1.27. The molecule has 1 amide bonds. The molecule has 3 rings (SSSR count). The molecule has 1 aliphatic heterocycles. The number of fused-ring (bicyclic) bond motifs is 1. The highest BCUT2D eigenvalue weighted by atomic mass is 16.5. The van der Waals surface area contributed by atoms with Crippen LogP contribution in [0.1, 0.15) is 29.7 Å². The van der Waals surface area contributed by atoms with Gasteiger partial charge < -0.3 is 20.1 Å². The van der Waals surface area contributed by atoms with Crippen molar-refractivity contribution in [1.82, 2.24) is 4.90 Å². The van der Waals surface area contributed by atoms with Gasteiger partial charge in [-0.25, -0.2) is 0 Å². The lowest BCUT2D eigenvalue weighted by Gasteiger charge is -2.39. The first kappa shape index (κ1) is 18.3. The summed E-state index contributed by atoms with van der Waals surface area (Å²) in [6, 6.07) is 14.0. The van der Waals surface area contributed by atoms with Crippen molar-refractivity contribution in [2.45, 2.75) is 19.4 Å². The summed E-state index contributed by atoms with van der Waals surface area (Å²) in [6.45, 7) is 2.88. The summed E-state index contributed by atoms with van der Waals surface area (Å²) in [6.07, 6.45) is 0.780. The third kappa shape index (κ3) is 3.27. The quantitative estimate of drug-likeness (QED) is 0.897. The number of hydrogen-bond donors (Lipinski definition) is 1. The minimum Gasteiger partial charge on any atom is -0.493 e. The maximum absolute atomic E-state index is 13.0. The summed E-state index contributed by atoms with van der Waals surface area (Å²) in [5, 5.41) is 0. The molecule has 0 radical (unpaired) electrons. The van der Waals surface area contributed by atoms with Crippen LogP contribution in [0.15, 0.2) is 42.5 Å². The molecule has 0 aliphatic carbocycles. The van der Waals surface area contributed by atoms with Crippen LogP contribution in [-0.4, -0.2) is 38.1 Å². The largest absolute Gasteiger partial charge is 0.493 e. The van der Waals surface area contributed by atoms with Crippen molar-refractivity contribution < 1.29 is 14.3 Å². The summed E-state index contributed by atoms with van der Waals surface area (Å²) < 4.78 is 11.0. The summed E-state index contributed by atoms with van der Waals surface area (Å²) in [4.78, 5) is 14.9. The van der Waals surface area contributed by atoms with Crippen molar-refractivity contribution in [1.29, 1.82) is 0 Å². The van der Waals surface area contributed by atoms with Crippen molar-refractivity contribution in [2.24, 2.45) is 11.7 Å². The van der Waals surface area contributed by atoms with Gasteiger partial charge in [0.05, 0.1) is 20.3 Å². The van der Waals surface area contributed by atoms with Crippen LogP contribution < -0.4 is 15.2 Å². The molecular weight excluding hydrogens is 328 g/mol. The molecule has 138 valence electrons. The van der Waals surface area contributed by atoms with Crippen LogP contribution in [-0.2, 0) is 11.2 Å². The highest BCUT2D eigenvalue weighted by Gasteiger charge is 2.34. The van der Waals surface area contributed by atoms with Gasteiger partial charge in [-0.05, 0) is 35.2 Å². The molecule has 0 aromatic heterocycles. The Balaban J connectivity index is 2.13. The Hall–Kier alpha value is -2.53. The van der Waals surface area contributed by atoms with E-state index in [1.54, 1.807) is 14.2 Å². The number of carbonyl (C=O) groups is 1. The molecule has 0 bridgehead atoms. The van der Waals surface area contributed by atoms with Crippen molar-refractivity contribution in [3.8, 4) is 11.5 Å². The Labute approximate surface area is 154 Å². The van der Waals surface area contributed by atoms with Gasteiger partial charge in [0.25, 0.3) is 0 Å². The van der Waals surface area contributed by atoms with Crippen LogP contribution >= 0.6 is 0 Å². The standard InChI is InChI=1S/C21H26N2O3/c1-14(13-22)21(24)23-10-9-16-11-18(25-2)19(26-3)12-17(16)20(23)15-7-5-4-6-8-15/h4-8,11-12,14,20H,9-10,13,22H2,1-3H3. The number of rotatable bonds is 5. The lowest BCUT2D eigenvalue weighted by molar-refractivity contribution is -0.136. The van der Waals surface area contributed by atoms with Gasteiger partial charge in [0.15, 0.2) is 11.5 Å². The van der Waals surface area contributed by atoms with Gasteiger partial charge in [0.2, 0.25) is 5.91 Å². The monoisotopic (exact) mass is 354 g/mol. The Morgan fingerprint density at radius 1 is 1.19 bits per heavy atom. The minimum absolute atomic E-state index is 0.0850. The predicted molar refractivity (Wildman–Crippen MR) is 101 cm³/mol. The molecule has 0 saturated carbocycles. The fourth-order valence-electron chi connectivity index (χ4n) is 3.56. The molecule has 2 N–H and O–H groups in total. The third-order valence-electron chi connectivity index (χ3n) is 5.05. The van der Waals surface area contributed by atoms with Gasteiger partial charge in [-0.3, -0.25) is 4.79 Å². The Bertz CT molecular complexity index is 776. The zero-order valence-corrected chi connectivity index (χ0v) is 15.6. The Morgan fingerprint density at radius 2 is 1.85 bits per heavy atom. The van der Waals surface area contributed by atoms with E-state index in [9.17, 15) is 4.79 Å². The number of carbonyl (C=O) groups excluding carboxylic acids is 1. The van der Waals surface area contributed by atoms with Crippen LogP contribution in [0.3, 0.4) is 0 Å². The van der Waals surface area contributed by atoms with Crippen molar-refractivity contribution in [3.63, 3.8) is 0 Å².